The Hall–Kier alpha value is -0.640. The summed E-state index contributed by atoms with van der Waals surface area (Å²) in [4.78, 5) is 2.06. The maximum atomic E-state index is 9.28. The molecule has 0 saturated carbocycles. The van der Waals surface area contributed by atoms with Crippen LogP contribution >= 0.6 is 23.2 Å². The van der Waals surface area contributed by atoms with Gasteiger partial charge in [-0.25, -0.2) is 0 Å². The minimum atomic E-state index is 0.110. The van der Waals surface area contributed by atoms with E-state index in [2.05, 4.69) is 4.90 Å². The lowest BCUT2D eigenvalue weighted by Gasteiger charge is -2.27. The summed E-state index contributed by atoms with van der Waals surface area (Å²) in [6.07, 6.45) is 2.01. The Bertz CT molecular complexity index is 375. The molecule has 1 saturated heterocycles. The molecule has 0 radical (unpaired) electrons. The number of anilines is 2. The van der Waals surface area contributed by atoms with Crippen LogP contribution in [0, 0.1) is 0 Å². The monoisotopic (exact) mass is 260 g/mol. The molecule has 1 aliphatic heterocycles. The number of benzene rings is 1. The first-order chi connectivity index (χ1) is 7.63. The van der Waals surface area contributed by atoms with Crippen molar-refractivity contribution in [1.29, 1.82) is 0 Å². The van der Waals surface area contributed by atoms with Gasteiger partial charge in [-0.2, -0.15) is 0 Å². The number of aliphatic hydroxyl groups is 1. The molecule has 0 aromatic heterocycles. The molecule has 3 N–H and O–H groups in total. The second-order valence-corrected chi connectivity index (χ2v) is 4.82. The van der Waals surface area contributed by atoms with Crippen LogP contribution in [0.2, 0.25) is 10.0 Å². The highest BCUT2D eigenvalue weighted by molar-refractivity contribution is 6.39. The molecule has 0 spiro atoms. The van der Waals surface area contributed by atoms with Gasteiger partial charge in [-0.15, -0.1) is 0 Å². The third-order valence-corrected chi connectivity index (χ3v) is 3.49. The molecule has 1 aliphatic rings. The Labute approximate surface area is 105 Å². The quantitative estimate of drug-likeness (QED) is 0.804. The first-order valence-electron chi connectivity index (χ1n) is 5.25. The molecule has 1 aromatic carbocycles. The van der Waals surface area contributed by atoms with Crippen LogP contribution in [0.1, 0.15) is 12.8 Å². The van der Waals surface area contributed by atoms with Crippen molar-refractivity contribution in [3.63, 3.8) is 0 Å². The molecular formula is C11H14Cl2N2O. The number of rotatable bonds is 2. The minimum Gasteiger partial charge on any atom is -0.399 e. The van der Waals surface area contributed by atoms with E-state index in [-0.39, 0.29) is 12.6 Å². The van der Waals surface area contributed by atoms with E-state index in [1.54, 1.807) is 12.1 Å². The number of nitrogens with zero attached hydrogens (tertiary/aromatic N) is 1. The van der Waals surface area contributed by atoms with E-state index in [9.17, 15) is 5.11 Å². The van der Waals surface area contributed by atoms with Crippen LogP contribution in [0.25, 0.3) is 0 Å². The van der Waals surface area contributed by atoms with Crippen molar-refractivity contribution in [2.45, 2.75) is 18.9 Å². The van der Waals surface area contributed by atoms with Gasteiger partial charge in [0.25, 0.3) is 0 Å². The van der Waals surface area contributed by atoms with E-state index in [1.165, 1.54) is 0 Å². The molecule has 5 heteroatoms. The van der Waals surface area contributed by atoms with Crippen molar-refractivity contribution >= 4 is 34.6 Å². The summed E-state index contributed by atoms with van der Waals surface area (Å²) in [5, 5.41) is 10.4. The standard InChI is InChI=1S/C11H14Cl2N2O/c12-9-4-7(14)5-10(13)11(9)15-3-1-2-8(15)6-16/h4-5,8,16H,1-3,6,14H2. The lowest BCUT2D eigenvalue weighted by Crippen LogP contribution is -2.32. The molecule has 0 aliphatic carbocycles. The molecule has 1 unspecified atom stereocenters. The van der Waals surface area contributed by atoms with Gasteiger partial charge in [0.2, 0.25) is 0 Å². The third-order valence-electron chi connectivity index (χ3n) is 2.91. The summed E-state index contributed by atoms with van der Waals surface area (Å²) in [6.45, 7) is 0.992. The van der Waals surface area contributed by atoms with Crippen LogP contribution in [0.3, 0.4) is 0 Å². The summed E-state index contributed by atoms with van der Waals surface area (Å²) in [6, 6.07) is 3.49. The van der Waals surface area contributed by atoms with Crippen LogP contribution in [0.15, 0.2) is 12.1 Å². The Morgan fingerprint density at radius 2 is 2.00 bits per heavy atom. The van der Waals surface area contributed by atoms with E-state index in [0.29, 0.717) is 15.7 Å². The fraction of sp³-hybridized carbons (Fsp3) is 0.455. The SMILES string of the molecule is Nc1cc(Cl)c(N2CCCC2CO)c(Cl)c1. The van der Waals surface area contributed by atoms with Gasteiger partial charge in [-0.1, -0.05) is 23.2 Å². The van der Waals surface area contributed by atoms with Crippen molar-refractivity contribution in [3.8, 4) is 0 Å². The maximum absolute atomic E-state index is 9.28. The Balaban J connectivity index is 2.39. The first kappa shape index (κ1) is 11.8. The summed E-state index contributed by atoms with van der Waals surface area (Å²) in [7, 11) is 0. The molecule has 1 heterocycles. The smallest absolute Gasteiger partial charge is 0.0749 e. The predicted molar refractivity (Wildman–Crippen MR) is 68.3 cm³/mol. The second kappa shape index (κ2) is 4.70. The van der Waals surface area contributed by atoms with Gasteiger partial charge >= 0.3 is 0 Å². The van der Waals surface area contributed by atoms with E-state index in [4.69, 9.17) is 28.9 Å². The summed E-state index contributed by atoms with van der Waals surface area (Å²) < 4.78 is 0. The largest absolute Gasteiger partial charge is 0.399 e. The van der Waals surface area contributed by atoms with E-state index in [1.807, 2.05) is 0 Å². The van der Waals surface area contributed by atoms with Gasteiger partial charge in [0, 0.05) is 12.2 Å². The second-order valence-electron chi connectivity index (χ2n) is 4.01. The fourth-order valence-electron chi connectivity index (χ4n) is 2.18. The average Bonchev–Trinajstić information content (AvgIpc) is 2.64. The molecule has 16 heavy (non-hydrogen) atoms. The van der Waals surface area contributed by atoms with Crippen LogP contribution in [-0.2, 0) is 0 Å². The molecule has 88 valence electrons. The lowest BCUT2D eigenvalue weighted by molar-refractivity contribution is 0.266. The zero-order valence-corrected chi connectivity index (χ0v) is 10.3. The number of nitrogen functional groups attached to an aromatic ring is 1. The number of hydrogen-bond donors (Lipinski definition) is 2. The van der Waals surface area contributed by atoms with Gasteiger partial charge < -0.3 is 15.7 Å². The molecule has 0 amide bonds. The number of hydrogen-bond acceptors (Lipinski definition) is 3. The van der Waals surface area contributed by atoms with Crippen LogP contribution in [0.4, 0.5) is 11.4 Å². The highest BCUT2D eigenvalue weighted by Gasteiger charge is 2.27. The lowest BCUT2D eigenvalue weighted by atomic mass is 10.2. The highest BCUT2D eigenvalue weighted by Crippen LogP contribution is 2.39. The number of aliphatic hydroxyl groups excluding tert-OH is 1. The number of halogens is 2. The topological polar surface area (TPSA) is 49.5 Å². The number of nitrogens with two attached hydrogens (primary N) is 1. The molecule has 1 aromatic rings. The van der Waals surface area contributed by atoms with Crippen molar-refractivity contribution in [3.05, 3.63) is 22.2 Å². The molecule has 2 rings (SSSR count). The van der Waals surface area contributed by atoms with E-state index >= 15 is 0 Å². The van der Waals surface area contributed by atoms with Gasteiger partial charge in [0.05, 0.1) is 28.4 Å². The van der Waals surface area contributed by atoms with Crippen LogP contribution < -0.4 is 10.6 Å². The summed E-state index contributed by atoms with van der Waals surface area (Å²) in [5.74, 6) is 0. The van der Waals surface area contributed by atoms with Gasteiger partial charge in [0.1, 0.15) is 0 Å². The first-order valence-corrected chi connectivity index (χ1v) is 6.01. The Kier molecular flexibility index (Phi) is 3.47. The van der Waals surface area contributed by atoms with Crippen LogP contribution in [0.5, 0.6) is 0 Å². The highest BCUT2D eigenvalue weighted by atomic mass is 35.5. The molecule has 1 fully saturated rings. The fourth-order valence-corrected chi connectivity index (χ4v) is 2.90. The average molecular weight is 261 g/mol. The summed E-state index contributed by atoms with van der Waals surface area (Å²) >= 11 is 12.3. The van der Waals surface area contributed by atoms with Crippen molar-refractivity contribution in [1.82, 2.24) is 0 Å². The normalized spacial score (nSPS) is 20.4. The van der Waals surface area contributed by atoms with E-state index < -0.39 is 0 Å². The van der Waals surface area contributed by atoms with Gasteiger partial charge in [0.15, 0.2) is 0 Å². The molecule has 0 bridgehead atoms. The molecular weight excluding hydrogens is 247 g/mol. The third kappa shape index (κ3) is 2.08. The van der Waals surface area contributed by atoms with Crippen LogP contribution in [-0.4, -0.2) is 24.3 Å². The van der Waals surface area contributed by atoms with Crippen molar-refractivity contribution in [2.75, 3.05) is 23.8 Å². The molecule has 3 nitrogen and oxygen atoms in total. The van der Waals surface area contributed by atoms with E-state index in [0.717, 1.165) is 25.1 Å². The Morgan fingerprint density at radius 3 is 2.56 bits per heavy atom. The van der Waals surface area contributed by atoms with Crippen molar-refractivity contribution in [2.24, 2.45) is 0 Å². The minimum absolute atomic E-state index is 0.110. The van der Waals surface area contributed by atoms with Gasteiger partial charge in [-0.3, -0.25) is 0 Å². The summed E-state index contributed by atoms with van der Waals surface area (Å²) in [5.41, 5.74) is 7.00. The zero-order chi connectivity index (χ0) is 11.7. The van der Waals surface area contributed by atoms with Crippen molar-refractivity contribution < 1.29 is 5.11 Å². The molecule has 1 atom stereocenters. The predicted octanol–water partition coefficient (Wildman–Crippen LogP) is 2.54. The zero-order valence-electron chi connectivity index (χ0n) is 8.79. The Morgan fingerprint density at radius 1 is 1.38 bits per heavy atom. The van der Waals surface area contributed by atoms with Gasteiger partial charge in [-0.05, 0) is 25.0 Å². The maximum Gasteiger partial charge on any atom is 0.0749 e.